The lowest BCUT2D eigenvalue weighted by Gasteiger charge is -2.23. The lowest BCUT2D eigenvalue weighted by Crippen LogP contribution is -2.45. The maximum absolute atomic E-state index is 12.8. The summed E-state index contributed by atoms with van der Waals surface area (Å²) in [6.07, 6.45) is 4.61. The van der Waals surface area contributed by atoms with E-state index in [9.17, 15) is 9.18 Å². The molecule has 2 aliphatic rings. The Morgan fingerprint density at radius 3 is 2.70 bits per heavy atom. The number of amides is 1. The van der Waals surface area contributed by atoms with Crippen molar-refractivity contribution in [2.45, 2.75) is 31.7 Å². The van der Waals surface area contributed by atoms with E-state index in [4.69, 9.17) is 0 Å². The smallest absolute Gasteiger partial charge is 0.255 e. The second-order valence-corrected chi connectivity index (χ2v) is 5.72. The molecule has 1 saturated heterocycles. The van der Waals surface area contributed by atoms with E-state index < -0.39 is 0 Å². The molecule has 2 N–H and O–H groups in total. The van der Waals surface area contributed by atoms with Gasteiger partial charge in [0.25, 0.3) is 5.91 Å². The van der Waals surface area contributed by atoms with Gasteiger partial charge in [-0.05, 0) is 62.4 Å². The fraction of sp³-hybridized carbons (Fsp3) is 0.533. The van der Waals surface area contributed by atoms with Crippen molar-refractivity contribution in [3.05, 3.63) is 30.1 Å². The second kappa shape index (κ2) is 5.79. The number of carbonyl (C=O) groups is 1. The minimum absolute atomic E-state index is 0.00692. The van der Waals surface area contributed by atoms with Crippen LogP contribution in [0.25, 0.3) is 0 Å². The van der Waals surface area contributed by atoms with Crippen LogP contribution in [0, 0.1) is 11.7 Å². The van der Waals surface area contributed by atoms with Gasteiger partial charge in [-0.15, -0.1) is 0 Å². The van der Waals surface area contributed by atoms with Crippen LogP contribution in [0.4, 0.5) is 10.1 Å². The molecule has 1 aliphatic heterocycles. The van der Waals surface area contributed by atoms with E-state index in [1.807, 2.05) is 0 Å². The molecule has 20 heavy (non-hydrogen) atoms. The van der Waals surface area contributed by atoms with Crippen LogP contribution < -0.4 is 10.9 Å². The molecule has 4 nitrogen and oxygen atoms in total. The molecule has 0 spiro atoms. The minimum atomic E-state index is -0.284. The molecular formula is C15H20FN3O. The van der Waals surface area contributed by atoms with Crippen molar-refractivity contribution in [3.8, 4) is 0 Å². The summed E-state index contributed by atoms with van der Waals surface area (Å²) in [6, 6.07) is 5.91. The van der Waals surface area contributed by atoms with Crippen LogP contribution in [-0.4, -0.2) is 29.9 Å². The van der Waals surface area contributed by atoms with Crippen LogP contribution in [0.15, 0.2) is 24.3 Å². The minimum Gasteiger partial charge on any atom is -0.299 e. The predicted molar refractivity (Wildman–Crippen MR) is 75.5 cm³/mol. The van der Waals surface area contributed by atoms with E-state index >= 15 is 0 Å². The zero-order valence-corrected chi connectivity index (χ0v) is 11.4. The number of rotatable bonds is 5. The molecule has 0 radical (unpaired) electrons. The summed E-state index contributed by atoms with van der Waals surface area (Å²) in [4.78, 5) is 14.5. The first kappa shape index (κ1) is 13.4. The fourth-order valence-electron chi connectivity index (χ4n) is 2.72. The Morgan fingerprint density at radius 2 is 2.00 bits per heavy atom. The summed E-state index contributed by atoms with van der Waals surface area (Å²) in [5.74, 6) is 0.522. The van der Waals surface area contributed by atoms with Gasteiger partial charge >= 0.3 is 0 Å². The number of carbonyl (C=O) groups excluding carboxylic acids is 1. The maximum atomic E-state index is 12.8. The van der Waals surface area contributed by atoms with Crippen molar-refractivity contribution < 1.29 is 9.18 Å². The van der Waals surface area contributed by atoms with E-state index in [1.54, 1.807) is 12.1 Å². The first-order chi connectivity index (χ1) is 9.72. The van der Waals surface area contributed by atoms with Crippen molar-refractivity contribution >= 4 is 11.6 Å². The predicted octanol–water partition coefficient (Wildman–Crippen LogP) is 2.14. The number of hydrogen-bond donors (Lipinski definition) is 2. The molecule has 1 aliphatic carbocycles. The Balaban J connectivity index is 1.51. The third-order valence-corrected chi connectivity index (χ3v) is 4.03. The van der Waals surface area contributed by atoms with Crippen molar-refractivity contribution in [3.63, 3.8) is 0 Å². The van der Waals surface area contributed by atoms with Gasteiger partial charge < -0.3 is 0 Å². The van der Waals surface area contributed by atoms with Gasteiger partial charge in [0, 0.05) is 6.54 Å². The summed E-state index contributed by atoms with van der Waals surface area (Å²) in [5, 5.41) is 0. The Hall–Kier alpha value is -1.62. The van der Waals surface area contributed by atoms with Gasteiger partial charge in [0.05, 0.1) is 11.7 Å². The van der Waals surface area contributed by atoms with Gasteiger partial charge in [-0.3, -0.25) is 20.5 Å². The van der Waals surface area contributed by atoms with Crippen molar-refractivity contribution in [1.29, 1.82) is 0 Å². The van der Waals surface area contributed by atoms with Gasteiger partial charge in [0.15, 0.2) is 0 Å². The molecule has 1 aromatic rings. The maximum Gasteiger partial charge on any atom is 0.255 e. The monoisotopic (exact) mass is 277 g/mol. The first-order valence-electron chi connectivity index (χ1n) is 7.28. The molecule has 0 aromatic heterocycles. The van der Waals surface area contributed by atoms with Gasteiger partial charge in [-0.25, -0.2) is 4.39 Å². The molecule has 2 fully saturated rings. The lowest BCUT2D eigenvalue weighted by molar-refractivity contribution is -0.125. The van der Waals surface area contributed by atoms with Crippen molar-refractivity contribution in [2.75, 3.05) is 18.5 Å². The summed E-state index contributed by atoms with van der Waals surface area (Å²) in [6.45, 7) is 2.07. The van der Waals surface area contributed by atoms with Crippen LogP contribution in [0.2, 0.25) is 0 Å². The van der Waals surface area contributed by atoms with E-state index in [0.717, 1.165) is 31.8 Å². The fourth-order valence-corrected chi connectivity index (χ4v) is 2.72. The average Bonchev–Trinajstić information content (AvgIpc) is 3.14. The molecule has 1 aromatic carbocycles. The summed E-state index contributed by atoms with van der Waals surface area (Å²) in [5.41, 5.74) is 6.26. The Morgan fingerprint density at radius 1 is 1.25 bits per heavy atom. The highest BCUT2D eigenvalue weighted by molar-refractivity contribution is 5.83. The zero-order chi connectivity index (χ0) is 13.9. The standard InChI is InChI=1S/C15H20FN3O/c16-12-5-7-13(8-6-12)17-18-15(20)14-2-1-9-19(14)10-11-3-4-11/h5-8,11,14,17H,1-4,9-10H2,(H,18,20). The molecule has 0 bridgehead atoms. The highest BCUT2D eigenvalue weighted by Gasteiger charge is 2.34. The molecule has 5 heteroatoms. The number of halogens is 1. The summed E-state index contributed by atoms with van der Waals surface area (Å²) in [7, 11) is 0. The molecule has 1 amide bonds. The number of hydrogen-bond acceptors (Lipinski definition) is 3. The lowest BCUT2D eigenvalue weighted by atomic mass is 10.2. The van der Waals surface area contributed by atoms with Crippen molar-refractivity contribution in [2.24, 2.45) is 5.92 Å². The molecule has 3 rings (SSSR count). The second-order valence-electron chi connectivity index (χ2n) is 5.72. The van der Waals surface area contributed by atoms with E-state index in [2.05, 4.69) is 15.8 Å². The quantitative estimate of drug-likeness (QED) is 0.811. The zero-order valence-electron chi connectivity index (χ0n) is 11.4. The number of hydrazine groups is 1. The van der Waals surface area contributed by atoms with Crippen LogP contribution in [-0.2, 0) is 4.79 Å². The topological polar surface area (TPSA) is 44.4 Å². The molecule has 1 unspecified atom stereocenters. The summed E-state index contributed by atoms with van der Waals surface area (Å²) < 4.78 is 12.8. The molecule has 108 valence electrons. The van der Waals surface area contributed by atoms with Gasteiger partial charge in [-0.2, -0.15) is 0 Å². The van der Waals surface area contributed by atoms with Gasteiger partial charge in [-0.1, -0.05) is 0 Å². The van der Waals surface area contributed by atoms with E-state index in [1.165, 1.54) is 25.0 Å². The average molecular weight is 277 g/mol. The third kappa shape index (κ3) is 3.28. The third-order valence-electron chi connectivity index (χ3n) is 4.03. The Bertz CT molecular complexity index is 473. The molecule has 1 atom stereocenters. The molecular weight excluding hydrogens is 257 g/mol. The number of anilines is 1. The Kier molecular flexibility index (Phi) is 3.87. The van der Waals surface area contributed by atoms with Crippen LogP contribution >= 0.6 is 0 Å². The summed E-state index contributed by atoms with van der Waals surface area (Å²) >= 11 is 0. The highest BCUT2D eigenvalue weighted by atomic mass is 19.1. The van der Waals surface area contributed by atoms with Crippen LogP contribution in [0.1, 0.15) is 25.7 Å². The van der Waals surface area contributed by atoms with E-state index in [-0.39, 0.29) is 17.8 Å². The number of benzene rings is 1. The highest BCUT2D eigenvalue weighted by Crippen LogP contribution is 2.32. The Labute approximate surface area is 118 Å². The van der Waals surface area contributed by atoms with Crippen LogP contribution in [0.3, 0.4) is 0 Å². The number of nitrogens with one attached hydrogen (secondary N) is 2. The number of nitrogens with zero attached hydrogens (tertiary/aromatic N) is 1. The molecule has 1 saturated carbocycles. The SMILES string of the molecule is O=C(NNc1ccc(F)cc1)C1CCCN1CC1CC1. The van der Waals surface area contributed by atoms with E-state index in [0.29, 0.717) is 5.69 Å². The normalized spacial score (nSPS) is 22.8. The van der Waals surface area contributed by atoms with Gasteiger partial charge in [0.2, 0.25) is 0 Å². The largest absolute Gasteiger partial charge is 0.299 e. The van der Waals surface area contributed by atoms with Crippen LogP contribution in [0.5, 0.6) is 0 Å². The molecule has 1 heterocycles. The van der Waals surface area contributed by atoms with Gasteiger partial charge in [0.1, 0.15) is 5.82 Å². The number of likely N-dealkylation sites (tertiary alicyclic amines) is 1. The van der Waals surface area contributed by atoms with Crippen molar-refractivity contribution in [1.82, 2.24) is 10.3 Å². The first-order valence-corrected chi connectivity index (χ1v) is 7.28.